The molecule has 0 bridgehead atoms. The first-order chi connectivity index (χ1) is 19.2. The molecular weight excluding hydrogens is 490 g/mol. The molecule has 2 aliphatic rings. The number of benzene rings is 4. The maximum Gasteiger partial charge on any atom is 0.231 e. The Morgan fingerprint density at radius 3 is 2.28 bits per heavy atom. The quantitative estimate of drug-likeness (QED) is 0.125. The number of nitrogens with zero attached hydrogens (tertiary/aromatic N) is 1. The molecule has 1 aliphatic carbocycles. The second-order valence-corrected chi connectivity index (χ2v) is 12.0. The Kier molecular flexibility index (Phi) is 6.21. The minimum absolute atomic E-state index is 0.665. The Morgan fingerprint density at radius 2 is 1.54 bits per heavy atom. The number of rotatable bonds is 4. The van der Waals surface area contributed by atoms with Crippen molar-refractivity contribution in [2.45, 2.75) is 39.0 Å². The summed E-state index contributed by atoms with van der Waals surface area (Å²) in [6.45, 7) is 6.68. The molecule has 1 nitrogen and oxygen atoms in total. The van der Waals surface area contributed by atoms with Gasteiger partial charge in [0.2, 0.25) is 4.70 Å². The number of allylic oxidation sites excluding steroid dienone is 2. The number of fused-ring (bicyclic) bond motifs is 3. The molecule has 0 unspecified atom stereocenters. The van der Waals surface area contributed by atoms with Crippen molar-refractivity contribution < 1.29 is 4.58 Å². The molecule has 0 atom stereocenters. The molecule has 0 N–H and O–H groups in total. The molecule has 4 aromatic carbocycles. The lowest BCUT2D eigenvalue weighted by Gasteiger charge is -2.32. The third-order valence-electron chi connectivity index (χ3n) is 8.53. The highest BCUT2D eigenvalue weighted by atomic mass is 32.1. The predicted molar refractivity (Wildman–Crippen MR) is 168 cm³/mol. The molecule has 1 fully saturated rings. The van der Waals surface area contributed by atoms with Crippen LogP contribution in [0.15, 0.2) is 109 Å². The van der Waals surface area contributed by atoms with Gasteiger partial charge in [-0.25, -0.2) is 0 Å². The summed E-state index contributed by atoms with van der Waals surface area (Å²) in [5.41, 5.74) is 9.16. The highest BCUT2D eigenvalue weighted by Gasteiger charge is 2.26. The summed E-state index contributed by atoms with van der Waals surface area (Å²) in [5, 5.41) is 2.66. The van der Waals surface area contributed by atoms with Crippen molar-refractivity contribution >= 4 is 38.2 Å². The summed E-state index contributed by atoms with van der Waals surface area (Å²) in [6.07, 6.45) is 13.6. The van der Waals surface area contributed by atoms with Crippen molar-refractivity contribution in [2.24, 2.45) is 5.92 Å². The Morgan fingerprint density at radius 1 is 0.821 bits per heavy atom. The predicted octanol–water partition coefficient (Wildman–Crippen LogP) is 10.3. The van der Waals surface area contributed by atoms with Crippen LogP contribution in [0.1, 0.15) is 43.2 Å². The maximum absolute atomic E-state index is 4.43. The van der Waals surface area contributed by atoms with Crippen molar-refractivity contribution in [3.05, 3.63) is 126 Å². The summed E-state index contributed by atoms with van der Waals surface area (Å²) in [6, 6.07) is 32.2. The van der Waals surface area contributed by atoms with E-state index in [9.17, 15) is 0 Å². The standard InChI is InChI=1S/C37H33NS/c1-25-18-19-31-33-23-30(27-14-8-4-9-15-27)22-32(28-16-10-5-11-17-28)36(33)39-37(31)35(25)34-24-29(20-21-38(34)2)26-12-6-3-7-13-26/h4-5,8-11,14-24,26H,2-3,6-7,12-13H2,1H3. The minimum atomic E-state index is 0.665. The Hall–Kier alpha value is -3.88. The zero-order valence-electron chi connectivity index (χ0n) is 22.5. The van der Waals surface area contributed by atoms with Gasteiger partial charge < -0.3 is 4.58 Å². The van der Waals surface area contributed by atoms with Crippen LogP contribution in [0.25, 0.3) is 42.4 Å². The highest BCUT2D eigenvalue weighted by molar-refractivity contribution is 7.26. The normalized spacial score (nSPS) is 16.3. The van der Waals surface area contributed by atoms with E-state index in [4.69, 9.17) is 0 Å². The average molecular weight is 524 g/mol. The number of aryl methyl sites for hydroxylation is 1. The van der Waals surface area contributed by atoms with E-state index in [1.54, 1.807) is 0 Å². The van der Waals surface area contributed by atoms with E-state index in [0.29, 0.717) is 5.92 Å². The van der Waals surface area contributed by atoms with Crippen LogP contribution in [0.2, 0.25) is 0 Å². The lowest BCUT2D eigenvalue weighted by atomic mass is 9.81. The fraction of sp³-hybridized carbons (Fsp3) is 0.189. The van der Waals surface area contributed by atoms with Crippen LogP contribution in [0.4, 0.5) is 0 Å². The molecule has 0 radical (unpaired) electrons. The minimum Gasteiger partial charge on any atom is -0.336 e. The molecule has 7 rings (SSSR count). The van der Waals surface area contributed by atoms with Crippen LogP contribution in [0, 0.1) is 18.9 Å². The van der Waals surface area contributed by atoms with Gasteiger partial charge in [-0.15, -0.1) is 29.4 Å². The molecule has 2 heterocycles. The smallest absolute Gasteiger partial charge is 0.231 e. The Labute approximate surface area is 235 Å². The van der Waals surface area contributed by atoms with Crippen molar-refractivity contribution in [2.75, 3.05) is 0 Å². The molecule has 39 heavy (non-hydrogen) atoms. The second kappa shape index (κ2) is 10.0. The van der Waals surface area contributed by atoms with E-state index < -0.39 is 0 Å². The van der Waals surface area contributed by atoms with Gasteiger partial charge in [-0.2, -0.15) is 0 Å². The third kappa shape index (κ3) is 4.33. The van der Waals surface area contributed by atoms with Crippen LogP contribution in [-0.4, -0.2) is 11.3 Å². The molecule has 0 saturated heterocycles. The van der Waals surface area contributed by atoms with E-state index in [1.165, 1.54) is 97.3 Å². The van der Waals surface area contributed by atoms with Gasteiger partial charge >= 0.3 is 0 Å². The zero-order chi connectivity index (χ0) is 26.3. The first-order valence-corrected chi connectivity index (χ1v) is 15.0. The first kappa shape index (κ1) is 24.2. The van der Waals surface area contributed by atoms with Crippen LogP contribution < -0.4 is 0 Å². The van der Waals surface area contributed by atoms with Gasteiger partial charge in [0.1, 0.15) is 4.70 Å². The Bertz CT molecular complexity index is 1750. The maximum atomic E-state index is 4.43. The Balaban J connectivity index is 1.46. The summed E-state index contributed by atoms with van der Waals surface area (Å²) in [5.74, 6) is 0.665. The molecule has 5 aromatic rings. The lowest BCUT2D eigenvalue weighted by Crippen LogP contribution is -2.19. The summed E-state index contributed by atoms with van der Waals surface area (Å²) < 4.78 is 4.78. The summed E-state index contributed by atoms with van der Waals surface area (Å²) in [7, 11) is 0. The molecule has 2 heteroatoms. The van der Waals surface area contributed by atoms with Crippen LogP contribution in [0.5, 0.6) is 0 Å². The molecule has 0 amide bonds. The number of thiophene rings is 1. The van der Waals surface area contributed by atoms with E-state index in [1.807, 2.05) is 11.3 Å². The van der Waals surface area contributed by atoms with Gasteiger partial charge in [-0.1, -0.05) is 117 Å². The SMILES string of the molecule is C=[N+]1C=CC(C2CCCCC2)=C[C-]1c1c(C)ccc2c3cc(-c4ccccc4)cc(-c4ccccc4)c3[s+][c-]12. The summed E-state index contributed by atoms with van der Waals surface area (Å²) >= 11 is 1.93. The monoisotopic (exact) mass is 523 g/mol. The topological polar surface area (TPSA) is 3.01 Å². The van der Waals surface area contributed by atoms with E-state index in [0.717, 1.165) is 0 Å². The third-order valence-corrected chi connectivity index (χ3v) is 9.81. The number of hydrogen-bond acceptors (Lipinski definition) is 0. The fourth-order valence-corrected chi connectivity index (χ4v) is 7.86. The molecule has 0 spiro atoms. The largest absolute Gasteiger partial charge is 0.336 e. The van der Waals surface area contributed by atoms with Crippen molar-refractivity contribution in [1.29, 1.82) is 0 Å². The molecule has 1 aromatic heterocycles. The van der Waals surface area contributed by atoms with E-state index in [2.05, 4.69) is 121 Å². The van der Waals surface area contributed by atoms with Crippen LogP contribution in [0.3, 0.4) is 0 Å². The highest BCUT2D eigenvalue weighted by Crippen LogP contribution is 2.46. The van der Waals surface area contributed by atoms with Crippen LogP contribution in [-0.2, 0) is 0 Å². The van der Waals surface area contributed by atoms with Gasteiger partial charge in [-0.3, -0.25) is 0 Å². The van der Waals surface area contributed by atoms with E-state index in [-0.39, 0.29) is 0 Å². The lowest BCUT2D eigenvalue weighted by molar-refractivity contribution is -0.418. The van der Waals surface area contributed by atoms with Crippen LogP contribution >= 0.6 is 11.3 Å². The van der Waals surface area contributed by atoms with Gasteiger partial charge in [-0.05, 0) is 34.2 Å². The molecule has 192 valence electrons. The van der Waals surface area contributed by atoms with Crippen molar-refractivity contribution in [3.8, 4) is 22.3 Å². The summed E-state index contributed by atoms with van der Waals surface area (Å²) in [4.78, 5) is 0. The van der Waals surface area contributed by atoms with Crippen molar-refractivity contribution in [3.63, 3.8) is 0 Å². The van der Waals surface area contributed by atoms with Gasteiger partial charge in [0.15, 0.2) is 11.3 Å². The number of hydrogen-bond donors (Lipinski definition) is 0. The van der Waals surface area contributed by atoms with Gasteiger partial charge in [0.25, 0.3) is 0 Å². The zero-order valence-corrected chi connectivity index (χ0v) is 23.3. The van der Waals surface area contributed by atoms with Gasteiger partial charge in [0.05, 0.1) is 12.2 Å². The average Bonchev–Trinajstić information content (AvgIpc) is 3.37. The first-order valence-electron chi connectivity index (χ1n) is 14.1. The molecule has 1 saturated carbocycles. The van der Waals surface area contributed by atoms with E-state index >= 15 is 0 Å². The second-order valence-electron chi connectivity index (χ2n) is 11.0. The fourth-order valence-electron chi connectivity index (χ4n) is 6.44. The molecular formula is C37H33NS. The molecule has 1 aliphatic heterocycles. The van der Waals surface area contributed by atoms with Gasteiger partial charge in [0, 0.05) is 17.7 Å². The van der Waals surface area contributed by atoms with Crippen molar-refractivity contribution in [1.82, 2.24) is 0 Å².